The third kappa shape index (κ3) is 3.91. The van der Waals surface area contributed by atoms with Gasteiger partial charge in [-0.2, -0.15) is 0 Å². The van der Waals surface area contributed by atoms with Crippen LogP contribution in [0.25, 0.3) is 0 Å². The van der Waals surface area contributed by atoms with E-state index in [9.17, 15) is 8.42 Å². The second-order valence-electron chi connectivity index (χ2n) is 4.64. The van der Waals surface area contributed by atoms with Crippen LogP contribution in [0, 0.1) is 6.92 Å². The lowest BCUT2D eigenvalue weighted by molar-refractivity contribution is 0.578. The molecule has 0 amide bonds. The first-order chi connectivity index (χ1) is 8.96. The van der Waals surface area contributed by atoms with Crippen LogP contribution in [0.1, 0.15) is 22.7 Å². The summed E-state index contributed by atoms with van der Waals surface area (Å²) in [6, 6.07) is 17.1. The molecule has 0 aliphatic rings. The minimum absolute atomic E-state index is 0.350. The first-order valence-corrected chi connectivity index (χ1v) is 7.94. The Hall–Kier alpha value is -1.65. The van der Waals surface area contributed by atoms with Gasteiger partial charge in [0.15, 0.2) is 0 Å². The lowest BCUT2D eigenvalue weighted by Gasteiger charge is -2.18. The third-order valence-electron chi connectivity index (χ3n) is 2.88. The monoisotopic (exact) mass is 275 g/mol. The molecule has 2 rings (SSSR count). The van der Waals surface area contributed by atoms with Gasteiger partial charge in [-0.1, -0.05) is 60.2 Å². The van der Waals surface area contributed by atoms with Crippen LogP contribution in [0.4, 0.5) is 0 Å². The van der Waals surface area contributed by atoms with E-state index >= 15 is 0 Å². The van der Waals surface area contributed by atoms with Gasteiger partial charge in [0.2, 0.25) is 10.0 Å². The van der Waals surface area contributed by atoms with E-state index in [-0.39, 0.29) is 6.04 Å². The summed E-state index contributed by atoms with van der Waals surface area (Å²) in [6.07, 6.45) is 1.18. The number of aryl methyl sites for hydroxylation is 1. The zero-order valence-electron chi connectivity index (χ0n) is 11.0. The van der Waals surface area contributed by atoms with Gasteiger partial charge in [0.25, 0.3) is 0 Å². The molecule has 4 heteroatoms. The normalized spacial score (nSPS) is 13.2. The molecule has 1 atom stereocenters. The van der Waals surface area contributed by atoms with Crippen molar-refractivity contribution < 1.29 is 8.42 Å². The van der Waals surface area contributed by atoms with Crippen LogP contribution in [0.3, 0.4) is 0 Å². The number of sulfonamides is 1. The second kappa shape index (κ2) is 5.55. The van der Waals surface area contributed by atoms with Gasteiger partial charge in [0.1, 0.15) is 0 Å². The van der Waals surface area contributed by atoms with E-state index < -0.39 is 10.0 Å². The molecule has 1 N–H and O–H groups in total. The van der Waals surface area contributed by atoms with Gasteiger partial charge < -0.3 is 0 Å². The Morgan fingerprint density at radius 3 is 1.95 bits per heavy atom. The molecular formula is C15H17NO2S. The van der Waals surface area contributed by atoms with E-state index in [1.54, 1.807) is 0 Å². The summed E-state index contributed by atoms with van der Waals surface area (Å²) in [6.45, 7) is 2.01. The maximum absolute atomic E-state index is 11.5. The highest BCUT2D eigenvalue weighted by Gasteiger charge is 2.17. The largest absolute Gasteiger partial charge is 0.213 e. The number of hydrogen-bond acceptors (Lipinski definition) is 2. The van der Waals surface area contributed by atoms with Crippen LogP contribution in [0.2, 0.25) is 0 Å². The van der Waals surface area contributed by atoms with Crippen molar-refractivity contribution >= 4 is 10.0 Å². The molecule has 0 heterocycles. The van der Waals surface area contributed by atoms with Gasteiger partial charge in [-0.3, -0.25) is 0 Å². The number of hydrogen-bond donors (Lipinski definition) is 1. The fourth-order valence-electron chi connectivity index (χ4n) is 1.95. The Balaban J connectivity index is 2.43. The molecule has 0 aromatic heterocycles. The van der Waals surface area contributed by atoms with Crippen LogP contribution < -0.4 is 4.72 Å². The van der Waals surface area contributed by atoms with Gasteiger partial charge in [0.05, 0.1) is 12.3 Å². The molecule has 0 radical (unpaired) electrons. The molecule has 0 spiro atoms. The van der Waals surface area contributed by atoms with Crippen molar-refractivity contribution in [3.05, 3.63) is 71.3 Å². The summed E-state index contributed by atoms with van der Waals surface area (Å²) < 4.78 is 25.8. The molecular weight excluding hydrogens is 258 g/mol. The van der Waals surface area contributed by atoms with Crippen molar-refractivity contribution in [2.24, 2.45) is 0 Å². The molecule has 19 heavy (non-hydrogen) atoms. The lowest BCUT2D eigenvalue weighted by Crippen LogP contribution is -2.28. The fraction of sp³-hybridized carbons (Fsp3) is 0.200. The van der Waals surface area contributed by atoms with E-state index in [0.29, 0.717) is 0 Å². The maximum Gasteiger partial charge on any atom is 0.209 e. The zero-order chi connectivity index (χ0) is 13.9. The summed E-state index contributed by atoms with van der Waals surface area (Å²) in [4.78, 5) is 0. The SMILES string of the molecule is Cc1ccc([C@@H](NS(C)(=O)=O)c2ccccc2)cc1. The first-order valence-electron chi connectivity index (χ1n) is 6.04. The molecule has 100 valence electrons. The molecule has 0 saturated carbocycles. The molecule has 0 aliphatic heterocycles. The summed E-state index contributed by atoms with van der Waals surface area (Å²) in [7, 11) is -3.28. The summed E-state index contributed by atoms with van der Waals surface area (Å²) >= 11 is 0. The van der Waals surface area contributed by atoms with Crippen LogP contribution in [-0.2, 0) is 10.0 Å². The van der Waals surface area contributed by atoms with E-state index in [0.717, 1.165) is 16.7 Å². The summed E-state index contributed by atoms with van der Waals surface area (Å²) in [5.41, 5.74) is 3.01. The number of rotatable bonds is 4. The Bertz CT molecular complexity index is 634. The Morgan fingerprint density at radius 2 is 1.42 bits per heavy atom. The van der Waals surface area contributed by atoms with Crippen LogP contribution in [-0.4, -0.2) is 14.7 Å². The molecule has 0 unspecified atom stereocenters. The number of benzene rings is 2. The zero-order valence-corrected chi connectivity index (χ0v) is 11.8. The first kappa shape index (κ1) is 13.8. The molecule has 0 aliphatic carbocycles. The lowest BCUT2D eigenvalue weighted by atomic mass is 9.99. The van der Waals surface area contributed by atoms with Gasteiger partial charge in [-0.15, -0.1) is 0 Å². The molecule has 2 aromatic rings. The topological polar surface area (TPSA) is 46.2 Å². The van der Waals surface area contributed by atoms with Crippen LogP contribution in [0.15, 0.2) is 54.6 Å². The molecule has 0 bridgehead atoms. The Morgan fingerprint density at radius 1 is 0.895 bits per heavy atom. The van der Waals surface area contributed by atoms with Crippen molar-refractivity contribution in [3.8, 4) is 0 Å². The van der Waals surface area contributed by atoms with Crippen molar-refractivity contribution in [2.75, 3.05) is 6.26 Å². The minimum atomic E-state index is -3.28. The van der Waals surface area contributed by atoms with E-state index in [2.05, 4.69) is 4.72 Å². The van der Waals surface area contributed by atoms with Crippen molar-refractivity contribution in [1.82, 2.24) is 4.72 Å². The van der Waals surface area contributed by atoms with Crippen LogP contribution >= 0.6 is 0 Å². The number of nitrogens with one attached hydrogen (secondary N) is 1. The highest BCUT2D eigenvalue weighted by atomic mass is 32.2. The Kier molecular flexibility index (Phi) is 4.02. The molecule has 3 nitrogen and oxygen atoms in total. The molecule has 0 fully saturated rings. The van der Waals surface area contributed by atoms with Gasteiger partial charge in [0, 0.05) is 0 Å². The predicted molar refractivity (Wildman–Crippen MR) is 77.4 cm³/mol. The summed E-state index contributed by atoms with van der Waals surface area (Å²) in [5, 5.41) is 0. The van der Waals surface area contributed by atoms with Gasteiger partial charge in [-0.05, 0) is 18.1 Å². The smallest absolute Gasteiger partial charge is 0.209 e. The molecule has 0 saturated heterocycles. The maximum atomic E-state index is 11.5. The molecule has 2 aromatic carbocycles. The minimum Gasteiger partial charge on any atom is -0.213 e. The van der Waals surface area contributed by atoms with Crippen molar-refractivity contribution in [3.63, 3.8) is 0 Å². The van der Waals surface area contributed by atoms with Gasteiger partial charge >= 0.3 is 0 Å². The quantitative estimate of drug-likeness (QED) is 0.932. The van der Waals surface area contributed by atoms with E-state index in [4.69, 9.17) is 0 Å². The van der Waals surface area contributed by atoms with Crippen LogP contribution in [0.5, 0.6) is 0 Å². The fourth-order valence-corrected chi connectivity index (χ4v) is 2.65. The average Bonchev–Trinajstić information content (AvgIpc) is 2.37. The predicted octanol–water partition coefficient (Wildman–Crippen LogP) is 2.63. The van der Waals surface area contributed by atoms with E-state index in [1.807, 2.05) is 61.5 Å². The Labute approximate surface area is 114 Å². The van der Waals surface area contributed by atoms with E-state index in [1.165, 1.54) is 6.26 Å². The average molecular weight is 275 g/mol. The van der Waals surface area contributed by atoms with Crippen molar-refractivity contribution in [2.45, 2.75) is 13.0 Å². The highest BCUT2D eigenvalue weighted by Crippen LogP contribution is 2.22. The van der Waals surface area contributed by atoms with Crippen molar-refractivity contribution in [1.29, 1.82) is 0 Å². The highest BCUT2D eigenvalue weighted by molar-refractivity contribution is 7.88. The summed E-state index contributed by atoms with van der Waals surface area (Å²) in [5.74, 6) is 0. The standard InChI is InChI=1S/C15H17NO2S/c1-12-8-10-14(11-9-12)15(16-19(2,17)18)13-6-4-3-5-7-13/h3-11,15-16H,1-2H3/t15-/m0/s1. The second-order valence-corrected chi connectivity index (χ2v) is 6.42. The van der Waals surface area contributed by atoms with Gasteiger partial charge in [-0.25, -0.2) is 13.1 Å². The third-order valence-corrected chi connectivity index (χ3v) is 3.54.